The SMILES string of the molecule is CSCCC(Nc1cc(Cl)c(Cl)cc1[N+](=O)[O-])C(=O)O. The van der Waals surface area contributed by atoms with Gasteiger partial charge in [-0.05, 0) is 24.5 Å². The van der Waals surface area contributed by atoms with Crippen LogP contribution in [0.25, 0.3) is 0 Å². The maximum absolute atomic E-state index is 11.1. The van der Waals surface area contributed by atoms with E-state index in [0.717, 1.165) is 6.07 Å². The summed E-state index contributed by atoms with van der Waals surface area (Å²) in [5.74, 6) is -0.474. The molecule has 0 saturated carbocycles. The van der Waals surface area contributed by atoms with Crippen LogP contribution in [0.4, 0.5) is 11.4 Å². The number of rotatable bonds is 7. The minimum Gasteiger partial charge on any atom is -0.480 e. The lowest BCUT2D eigenvalue weighted by Gasteiger charge is -2.15. The van der Waals surface area contributed by atoms with Gasteiger partial charge in [-0.1, -0.05) is 23.2 Å². The first-order valence-corrected chi connectivity index (χ1v) is 7.63. The van der Waals surface area contributed by atoms with Crippen LogP contribution in [0.1, 0.15) is 6.42 Å². The lowest BCUT2D eigenvalue weighted by atomic mass is 10.2. The van der Waals surface area contributed by atoms with Crippen LogP contribution in [-0.4, -0.2) is 34.0 Å². The van der Waals surface area contributed by atoms with Crippen molar-refractivity contribution in [2.24, 2.45) is 0 Å². The van der Waals surface area contributed by atoms with Crippen LogP contribution in [0, 0.1) is 10.1 Å². The highest BCUT2D eigenvalue weighted by molar-refractivity contribution is 7.98. The van der Waals surface area contributed by atoms with Crippen molar-refractivity contribution in [3.05, 3.63) is 32.3 Å². The van der Waals surface area contributed by atoms with Crippen LogP contribution in [-0.2, 0) is 4.79 Å². The van der Waals surface area contributed by atoms with E-state index in [9.17, 15) is 14.9 Å². The van der Waals surface area contributed by atoms with Crippen LogP contribution < -0.4 is 5.32 Å². The van der Waals surface area contributed by atoms with Crippen LogP contribution >= 0.6 is 35.0 Å². The van der Waals surface area contributed by atoms with Crippen LogP contribution in [0.5, 0.6) is 0 Å². The molecule has 0 aliphatic carbocycles. The zero-order chi connectivity index (χ0) is 15.3. The number of thioether (sulfide) groups is 1. The highest BCUT2D eigenvalue weighted by Gasteiger charge is 2.23. The minimum absolute atomic E-state index is 0.0397. The fraction of sp³-hybridized carbons (Fsp3) is 0.364. The Morgan fingerprint density at radius 3 is 2.60 bits per heavy atom. The van der Waals surface area contributed by atoms with Crippen molar-refractivity contribution >= 4 is 52.3 Å². The van der Waals surface area contributed by atoms with Crippen molar-refractivity contribution < 1.29 is 14.8 Å². The molecule has 0 saturated heterocycles. The number of carboxylic acid groups (broad SMARTS) is 1. The third-order valence-corrected chi connectivity index (χ3v) is 3.84. The maximum Gasteiger partial charge on any atom is 0.326 e. The highest BCUT2D eigenvalue weighted by atomic mass is 35.5. The normalized spacial score (nSPS) is 11.9. The Labute approximate surface area is 129 Å². The number of nitro groups is 1. The Kier molecular flexibility index (Phi) is 6.38. The van der Waals surface area contributed by atoms with E-state index in [1.165, 1.54) is 17.8 Å². The molecule has 6 nitrogen and oxygen atoms in total. The molecule has 20 heavy (non-hydrogen) atoms. The highest BCUT2D eigenvalue weighted by Crippen LogP contribution is 2.34. The molecule has 1 aromatic carbocycles. The number of hydrogen-bond acceptors (Lipinski definition) is 5. The van der Waals surface area contributed by atoms with E-state index in [1.807, 2.05) is 6.26 Å². The average Bonchev–Trinajstić information content (AvgIpc) is 2.37. The van der Waals surface area contributed by atoms with E-state index in [4.69, 9.17) is 28.3 Å². The van der Waals surface area contributed by atoms with Gasteiger partial charge in [0.05, 0.1) is 15.0 Å². The minimum atomic E-state index is -1.08. The number of nitrogens with zero attached hydrogens (tertiary/aromatic N) is 1. The predicted octanol–water partition coefficient (Wildman–Crippen LogP) is 3.52. The fourth-order valence-corrected chi connectivity index (χ4v) is 2.28. The molecule has 0 spiro atoms. The molecule has 9 heteroatoms. The van der Waals surface area contributed by atoms with Crippen LogP contribution in [0.15, 0.2) is 12.1 Å². The zero-order valence-electron chi connectivity index (χ0n) is 10.4. The van der Waals surface area contributed by atoms with Crippen LogP contribution in [0.2, 0.25) is 10.0 Å². The van der Waals surface area contributed by atoms with Crippen molar-refractivity contribution in [2.75, 3.05) is 17.3 Å². The summed E-state index contributed by atoms with van der Waals surface area (Å²) >= 11 is 13.0. The summed E-state index contributed by atoms with van der Waals surface area (Å²) < 4.78 is 0. The summed E-state index contributed by atoms with van der Waals surface area (Å²) in [6.07, 6.45) is 2.18. The van der Waals surface area contributed by atoms with E-state index in [1.54, 1.807) is 0 Å². The fourth-order valence-electron chi connectivity index (χ4n) is 1.48. The van der Waals surface area contributed by atoms with Crippen molar-refractivity contribution in [1.82, 2.24) is 0 Å². The Morgan fingerprint density at radius 1 is 1.50 bits per heavy atom. The summed E-state index contributed by atoms with van der Waals surface area (Å²) in [5, 5.41) is 22.9. The van der Waals surface area contributed by atoms with Gasteiger partial charge in [-0.15, -0.1) is 0 Å². The topological polar surface area (TPSA) is 92.5 Å². The van der Waals surface area contributed by atoms with Crippen LogP contribution in [0.3, 0.4) is 0 Å². The van der Waals surface area contributed by atoms with Gasteiger partial charge in [-0.3, -0.25) is 10.1 Å². The number of nitrogens with one attached hydrogen (secondary N) is 1. The van der Waals surface area contributed by atoms with Gasteiger partial charge >= 0.3 is 5.97 Å². The third kappa shape index (κ3) is 4.43. The van der Waals surface area contributed by atoms with Gasteiger partial charge in [-0.2, -0.15) is 11.8 Å². The molecule has 1 aromatic rings. The Balaban J connectivity index is 3.07. The number of aliphatic carboxylic acids is 1. The van der Waals surface area contributed by atoms with Gasteiger partial charge in [0.1, 0.15) is 11.7 Å². The summed E-state index contributed by atoms with van der Waals surface area (Å²) in [4.78, 5) is 21.5. The second-order valence-electron chi connectivity index (χ2n) is 3.86. The molecule has 0 radical (unpaired) electrons. The lowest BCUT2D eigenvalue weighted by molar-refractivity contribution is -0.384. The second-order valence-corrected chi connectivity index (χ2v) is 5.66. The molecule has 0 bridgehead atoms. The van der Waals surface area contributed by atoms with E-state index < -0.39 is 16.9 Å². The molecule has 110 valence electrons. The summed E-state index contributed by atoms with van der Waals surface area (Å²) in [6.45, 7) is 0. The second kappa shape index (κ2) is 7.56. The molecule has 0 heterocycles. The van der Waals surface area contributed by atoms with Gasteiger partial charge in [-0.25, -0.2) is 4.79 Å². The number of carbonyl (C=O) groups is 1. The zero-order valence-corrected chi connectivity index (χ0v) is 12.8. The molecule has 0 aliphatic heterocycles. The van der Waals surface area contributed by atoms with Crippen molar-refractivity contribution in [2.45, 2.75) is 12.5 Å². The van der Waals surface area contributed by atoms with Gasteiger partial charge < -0.3 is 10.4 Å². The third-order valence-electron chi connectivity index (χ3n) is 2.47. The number of carboxylic acids is 1. The van der Waals surface area contributed by atoms with Crippen molar-refractivity contribution in [3.8, 4) is 0 Å². The smallest absolute Gasteiger partial charge is 0.326 e. The molecular weight excluding hydrogens is 327 g/mol. The Bertz CT molecular complexity index is 527. The lowest BCUT2D eigenvalue weighted by Crippen LogP contribution is -2.30. The molecule has 2 N–H and O–H groups in total. The quantitative estimate of drug-likeness (QED) is 0.583. The molecule has 1 rings (SSSR count). The van der Waals surface area contributed by atoms with Crippen molar-refractivity contribution in [3.63, 3.8) is 0 Å². The first kappa shape index (κ1) is 16.9. The summed E-state index contributed by atoms with van der Waals surface area (Å²) in [7, 11) is 0. The van der Waals surface area contributed by atoms with Gasteiger partial charge in [0, 0.05) is 6.07 Å². The summed E-state index contributed by atoms with van der Waals surface area (Å²) in [6, 6.07) is 1.43. The van der Waals surface area contributed by atoms with Gasteiger partial charge in [0.25, 0.3) is 5.69 Å². The number of nitro benzene ring substituents is 1. The van der Waals surface area contributed by atoms with E-state index in [-0.39, 0.29) is 21.4 Å². The number of halogens is 2. The van der Waals surface area contributed by atoms with Gasteiger partial charge in [0.15, 0.2) is 0 Å². The maximum atomic E-state index is 11.1. The Morgan fingerprint density at radius 2 is 2.10 bits per heavy atom. The van der Waals surface area contributed by atoms with E-state index >= 15 is 0 Å². The predicted molar refractivity (Wildman–Crippen MR) is 81.2 cm³/mol. The monoisotopic (exact) mass is 338 g/mol. The molecule has 0 fully saturated rings. The summed E-state index contributed by atoms with van der Waals surface area (Å²) in [5.41, 5.74) is -0.271. The molecule has 0 aromatic heterocycles. The molecule has 1 unspecified atom stereocenters. The van der Waals surface area contributed by atoms with E-state index in [2.05, 4.69) is 5.32 Å². The first-order chi connectivity index (χ1) is 9.36. The molecule has 1 atom stereocenters. The number of anilines is 1. The molecule has 0 amide bonds. The Hall–Kier alpha value is -1.18. The number of hydrogen-bond donors (Lipinski definition) is 2. The molecular formula is C11H12Cl2N2O4S. The van der Waals surface area contributed by atoms with Gasteiger partial charge in [0.2, 0.25) is 0 Å². The van der Waals surface area contributed by atoms with E-state index in [0.29, 0.717) is 12.2 Å². The van der Waals surface area contributed by atoms with Crippen molar-refractivity contribution in [1.29, 1.82) is 0 Å². The molecule has 0 aliphatic rings. The standard InChI is InChI=1S/C11H12Cl2N2O4S/c1-20-3-2-8(11(16)17)14-9-4-6(12)7(13)5-10(9)15(18)19/h4-5,8,14H,2-3H2,1H3,(H,16,17). The first-order valence-electron chi connectivity index (χ1n) is 5.48. The number of benzene rings is 1. The largest absolute Gasteiger partial charge is 0.480 e. The average molecular weight is 339 g/mol.